The molecule has 130 valence electrons. The number of carbonyl (C=O) groups excluding carboxylic acids is 1. The van der Waals surface area contributed by atoms with E-state index in [1.54, 1.807) is 9.80 Å². The quantitative estimate of drug-likeness (QED) is 0.849. The summed E-state index contributed by atoms with van der Waals surface area (Å²) in [6, 6.07) is 9.81. The molecule has 0 radical (unpaired) electrons. The van der Waals surface area contributed by atoms with Crippen molar-refractivity contribution >= 4 is 5.91 Å². The summed E-state index contributed by atoms with van der Waals surface area (Å²) in [4.78, 5) is 15.4. The highest BCUT2D eigenvalue weighted by Crippen LogP contribution is 2.44. The number of carbonyl (C=O) groups is 1. The third kappa shape index (κ3) is 2.82. The SMILES string of the molecule is O=C1COC2(CCN(Cc3ccccc3)CC2(F)F)CN1C1CC1. The normalized spacial score (nSPS) is 30.8. The summed E-state index contributed by atoms with van der Waals surface area (Å²) in [7, 11) is 0. The molecular formula is C18H22F2N2O2. The fraction of sp³-hybridized carbons (Fsp3) is 0.611. The van der Waals surface area contributed by atoms with Crippen molar-refractivity contribution in [3.05, 3.63) is 35.9 Å². The van der Waals surface area contributed by atoms with Crippen LogP contribution in [-0.2, 0) is 16.1 Å². The van der Waals surface area contributed by atoms with Crippen molar-refractivity contribution in [3.8, 4) is 0 Å². The summed E-state index contributed by atoms with van der Waals surface area (Å²) in [5, 5.41) is 0. The van der Waals surface area contributed by atoms with Crippen molar-refractivity contribution in [2.75, 3.05) is 26.2 Å². The van der Waals surface area contributed by atoms with Crippen molar-refractivity contribution in [2.24, 2.45) is 0 Å². The molecule has 2 aliphatic heterocycles. The Kier molecular flexibility index (Phi) is 3.84. The van der Waals surface area contributed by atoms with Crippen LogP contribution in [0.3, 0.4) is 0 Å². The third-order valence-electron chi connectivity index (χ3n) is 5.38. The van der Waals surface area contributed by atoms with E-state index in [1.807, 2.05) is 30.3 Å². The summed E-state index contributed by atoms with van der Waals surface area (Å²) in [6.45, 7) is 0.553. The van der Waals surface area contributed by atoms with E-state index in [0.717, 1.165) is 18.4 Å². The number of halogens is 2. The van der Waals surface area contributed by atoms with Gasteiger partial charge in [-0.05, 0) is 24.8 Å². The number of rotatable bonds is 3. The van der Waals surface area contributed by atoms with E-state index in [0.29, 0.717) is 13.1 Å². The minimum Gasteiger partial charge on any atom is -0.357 e. The molecule has 1 aromatic carbocycles. The molecule has 1 unspecified atom stereocenters. The molecule has 4 nitrogen and oxygen atoms in total. The summed E-state index contributed by atoms with van der Waals surface area (Å²) in [6.07, 6.45) is 2.10. The summed E-state index contributed by atoms with van der Waals surface area (Å²) in [5.74, 6) is -3.11. The van der Waals surface area contributed by atoms with Gasteiger partial charge in [0.2, 0.25) is 5.91 Å². The topological polar surface area (TPSA) is 32.8 Å². The lowest BCUT2D eigenvalue weighted by Gasteiger charge is -2.51. The van der Waals surface area contributed by atoms with Crippen LogP contribution in [-0.4, -0.2) is 59.5 Å². The highest BCUT2D eigenvalue weighted by molar-refractivity contribution is 5.79. The Morgan fingerprint density at radius 1 is 1.17 bits per heavy atom. The number of hydrogen-bond donors (Lipinski definition) is 0. The maximum absolute atomic E-state index is 15.0. The molecule has 1 spiro atoms. The zero-order valence-corrected chi connectivity index (χ0v) is 13.6. The minimum absolute atomic E-state index is 0.0304. The smallest absolute Gasteiger partial charge is 0.290 e. The van der Waals surface area contributed by atoms with Gasteiger partial charge in [-0.1, -0.05) is 30.3 Å². The van der Waals surface area contributed by atoms with E-state index in [2.05, 4.69) is 0 Å². The first-order chi connectivity index (χ1) is 11.5. The number of ether oxygens (including phenoxy) is 1. The number of likely N-dealkylation sites (tertiary alicyclic amines) is 1. The molecule has 2 heterocycles. The lowest BCUT2D eigenvalue weighted by molar-refractivity contribution is -0.258. The molecule has 1 aliphatic carbocycles. The first-order valence-corrected chi connectivity index (χ1v) is 8.57. The Labute approximate surface area is 140 Å². The zero-order valence-electron chi connectivity index (χ0n) is 13.6. The molecule has 1 atom stereocenters. The van der Waals surface area contributed by atoms with E-state index in [-0.39, 0.29) is 38.1 Å². The van der Waals surface area contributed by atoms with Crippen LogP contribution in [0.1, 0.15) is 24.8 Å². The van der Waals surface area contributed by atoms with E-state index >= 15 is 0 Å². The Balaban J connectivity index is 1.47. The Morgan fingerprint density at radius 3 is 2.58 bits per heavy atom. The predicted octanol–water partition coefficient (Wildman–Crippen LogP) is 2.29. The van der Waals surface area contributed by atoms with Gasteiger partial charge in [0.05, 0.1) is 13.1 Å². The van der Waals surface area contributed by atoms with E-state index in [1.165, 1.54) is 0 Å². The minimum atomic E-state index is -2.96. The number of hydrogen-bond acceptors (Lipinski definition) is 3. The highest BCUT2D eigenvalue weighted by Gasteiger charge is 2.61. The van der Waals surface area contributed by atoms with Gasteiger partial charge in [-0.3, -0.25) is 9.69 Å². The van der Waals surface area contributed by atoms with Gasteiger partial charge in [0.15, 0.2) is 5.60 Å². The second kappa shape index (κ2) is 5.77. The van der Waals surface area contributed by atoms with Gasteiger partial charge in [-0.2, -0.15) is 0 Å². The molecule has 0 N–H and O–H groups in total. The van der Waals surface area contributed by atoms with E-state index < -0.39 is 11.5 Å². The fourth-order valence-corrected chi connectivity index (χ4v) is 3.79. The highest BCUT2D eigenvalue weighted by atomic mass is 19.3. The van der Waals surface area contributed by atoms with Crippen molar-refractivity contribution in [1.29, 1.82) is 0 Å². The van der Waals surface area contributed by atoms with Crippen molar-refractivity contribution in [2.45, 2.75) is 43.4 Å². The van der Waals surface area contributed by atoms with Crippen LogP contribution >= 0.6 is 0 Å². The maximum atomic E-state index is 15.0. The standard InChI is InChI=1S/C18H22F2N2O2/c19-18(20)13-21(10-14-4-2-1-3-5-14)9-8-17(18)12-22(15-6-7-15)16(23)11-24-17/h1-5,15H,6-13H2. The first-order valence-electron chi connectivity index (χ1n) is 8.57. The molecule has 1 amide bonds. The van der Waals surface area contributed by atoms with E-state index in [9.17, 15) is 13.6 Å². The average molecular weight is 336 g/mol. The van der Waals surface area contributed by atoms with Crippen molar-refractivity contribution in [3.63, 3.8) is 0 Å². The molecule has 24 heavy (non-hydrogen) atoms. The van der Waals surface area contributed by atoms with Gasteiger partial charge < -0.3 is 9.64 Å². The van der Waals surface area contributed by atoms with Gasteiger partial charge >= 0.3 is 0 Å². The number of amides is 1. The second-order valence-corrected chi connectivity index (χ2v) is 7.19. The molecule has 0 aromatic heterocycles. The lowest BCUT2D eigenvalue weighted by atomic mass is 9.85. The second-order valence-electron chi connectivity index (χ2n) is 7.19. The van der Waals surface area contributed by atoms with Gasteiger partial charge in [-0.15, -0.1) is 0 Å². The van der Waals surface area contributed by atoms with Gasteiger partial charge in [0.25, 0.3) is 5.92 Å². The Morgan fingerprint density at radius 2 is 1.92 bits per heavy atom. The monoisotopic (exact) mass is 336 g/mol. The van der Waals surface area contributed by atoms with Crippen LogP contribution in [0.2, 0.25) is 0 Å². The van der Waals surface area contributed by atoms with Crippen molar-refractivity contribution in [1.82, 2.24) is 9.80 Å². The molecule has 2 saturated heterocycles. The van der Waals surface area contributed by atoms with Gasteiger partial charge in [-0.25, -0.2) is 8.78 Å². The van der Waals surface area contributed by atoms with Crippen LogP contribution in [0.25, 0.3) is 0 Å². The molecule has 6 heteroatoms. The molecule has 1 aromatic rings. The van der Waals surface area contributed by atoms with Crippen LogP contribution in [0.5, 0.6) is 0 Å². The Bertz CT molecular complexity index is 621. The number of nitrogens with zero attached hydrogens (tertiary/aromatic N) is 2. The molecule has 3 aliphatic rings. The van der Waals surface area contributed by atoms with Crippen LogP contribution in [0.15, 0.2) is 30.3 Å². The number of benzene rings is 1. The number of morpholine rings is 1. The fourth-order valence-electron chi connectivity index (χ4n) is 3.79. The lowest BCUT2D eigenvalue weighted by Crippen LogP contribution is -2.69. The van der Waals surface area contributed by atoms with E-state index in [4.69, 9.17) is 4.74 Å². The summed E-state index contributed by atoms with van der Waals surface area (Å²) >= 11 is 0. The molecule has 1 saturated carbocycles. The third-order valence-corrected chi connectivity index (χ3v) is 5.38. The maximum Gasteiger partial charge on any atom is 0.290 e. The summed E-state index contributed by atoms with van der Waals surface area (Å²) < 4.78 is 35.4. The van der Waals surface area contributed by atoms with Crippen molar-refractivity contribution < 1.29 is 18.3 Å². The van der Waals surface area contributed by atoms with Gasteiger partial charge in [0.1, 0.15) is 6.61 Å². The number of piperidine rings is 1. The zero-order chi connectivity index (χ0) is 16.8. The molecule has 0 bridgehead atoms. The van der Waals surface area contributed by atoms with Crippen LogP contribution in [0, 0.1) is 0 Å². The summed E-state index contributed by atoms with van der Waals surface area (Å²) in [5.41, 5.74) is -0.486. The molecule has 4 rings (SSSR count). The molecule has 3 fully saturated rings. The van der Waals surface area contributed by atoms with Crippen LogP contribution in [0.4, 0.5) is 8.78 Å². The Hall–Kier alpha value is -1.53. The predicted molar refractivity (Wildman–Crippen MR) is 84.7 cm³/mol. The van der Waals surface area contributed by atoms with Gasteiger partial charge in [0, 0.05) is 19.1 Å². The largest absolute Gasteiger partial charge is 0.357 e. The molecular weight excluding hydrogens is 314 g/mol. The van der Waals surface area contributed by atoms with Crippen LogP contribution < -0.4 is 0 Å². The average Bonchev–Trinajstić information content (AvgIpc) is 3.38. The number of alkyl halides is 2. The first kappa shape index (κ1) is 16.0.